The number of amides is 2. The van der Waals surface area contributed by atoms with E-state index in [1.807, 2.05) is 13.8 Å². The smallest absolute Gasteiger partial charge is 0.319 e. The summed E-state index contributed by atoms with van der Waals surface area (Å²) in [5.41, 5.74) is 1.21. The van der Waals surface area contributed by atoms with Crippen LogP contribution in [0, 0.1) is 5.92 Å². The molecule has 26 heavy (non-hydrogen) atoms. The number of fused-ring (bicyclic) bond motifs is 1. The van der Waals surface area contributed by atoms with E-state index >= 15 is 0 Å². The number of rotatable bonds is 6. The van der Waals surface area contributed by atoms with E-state index < -0.39 is 9.84 Å². The lowest BCUT2D eigenvalue weighted by Crippen LogP contribution is -2.34. The van der Waals surface area contributed by atoms with Crippen molar-refractivity contribution < 1.29 is 17.9 Å². The standard InChI is InChI=1S/C17H23N3O4S2/c1-11(2)10-26(22,23)17-20-14-6-5-12(8-15(14)25-17)19-16(21)18-9-13-4-3-7-24-13/h5-6,8,11,13H,3-4,7,9-10H2,1-2H3,(H2,18,19,21)/t13-/m1/s1. The second-order valence-corrected chi connectivity index (χ2v) is 10.0. The summed E-state index contributed by atoms with van der Waals surface area (Å²) in [6, 6.07) is 4.87. The van der Waals surface area contributed by atoms with Gasteiger partial charge in [0.05, 0.1) is 22.1 Å². The molecule has 3 rings (SSSR count). The molecule has 1 atom stereocenters. The molecule has 1 aromatic heterocycles. The van der Waals surface area contributed by atoms with Crippen LogP contribution in [0.1, 0.15) is 26.7 Å². The summed E-state index contributed by atoms with van der Waals surface area (Å²) in [4.78, 5) is 16.2. The van der Waals surface area contributed by atoms with Crippen LogP contribution >= 0.6 is 11.3 Å². The summed E-state index contributed by atoms with van der Waals surface area (Å²) in [5.74, 6) is 0.112. The minimum Gasteiger partial charge on any atom is -0.376 e. The molecule has 0 radical (unpaired) electrons. The van der Waals surface area contributed by atoms with Gasteiger partial charge in [0, 0.05) is 18.8 Å². The third-order valence-corrected chi connectivity index (χ3v) is 7.51. The SMILES string of the molecule is CC(C)CS(=O)(=O)c1nc2ccc(NC(=O)NC[C@H]3CCCO3)cc2s1. The average molecular weight is 398 g/mol. The number of nitrogens with one attached hydrogen (secondary N) is 2. The predicted molar refractivity (Wildman–Crippen MR) is 103 cm³/mol. The Balaban J connectivity index is 1.67. The number of urea groups is 1. The van der Waals surface area contributed by atoms with Crippen molar-refractivity contribution in [3.8, 4) is 0 Å². The first-order chi connectivity index (χ1) is 12.3. The molecule has 7 nitrogen and oxygen atoms in total. The summed E-state index contributed by atoms with van der Waals surface area (Å²) in [6.07, 6.45) is 2.07. The first-order valence-corrected chi connectivity index (χ1v) is 11.1. The summed E-state index contributed by atoms with van der Waals surface area (Å²) in [7, 11) is -3.38. The Morgan fingerprint density at radius 3 is 2.92 bits per heavy atom. The zero-order valence-electron chi connectivity index (χ0n) is 14.8. The largest absolute Gasteiger partial charge is 0.376 e. The van der Waals surface area contributed by atoms with Gasteiger partial charge in [-0.05, 0) is 37.0 Å². The Bertz CT molecular complexity index is 887. The van der Waals surface area contributed by atoms with Crippen LogP contribution in [0.4, 0.5) is 10.5 Å². The highest BCUT2D eigenvalue weighted by molar-refractivity contribution is 7.93. The van der Waals surface area contributed by atoms with Crippen molar-refractivity contribution in [1.82, 2.24) is 10.3 Å². The van der Waals surface area contributed by atoms with Crippen molar-refractivity contribution in [3.63, 3.8) is 0 Å². The maximum atomic E-state index is 12.3. The fraction of sp³-hybridized carbons (Fsp3) is 0.529. The minimum absolute atomic E-state index is 0.0387. The van der Waals surface area contributed by atoms with Gasteiger partial charge in [0.15, 0.2) is 0 Å². The number of aromatic nitrogens is 1. The van der Waals surface area contributed by atoms with Crippen molar-refractivity contribution in [2.75, 3.05) is 24.2 Å². The number of nitrogens with zero attached hydrogens (tertiary/aromatic N) is 1. The van der Waals surface area contributed by atoms with Crippen LogP contribution in [0.3, 0.4) is 0 Å². The number of hydrogen-bond acceptors (Lipinski definition) is 6. The molecule has 1 aliphatic heterocycles. The molecule has 142 valence electrons. The molecule has 2 aromatic rings. The lowest BCUT2D eigenvalue weighted by atomic mass is 10.2. The number of carbonyl (C=O) groups excluding carboxylic acids is 1. The van der Waals surface area contributed by atoms with E-state index in [0.717, 1.165) is 35.5 Å². The van der Waals surface area contributed by atoms with Crippen LogP contribution in [-0.4, -0.2) is 44.4 Å². The van der Waals surface area contributed by atoms with Crippen molar-refractivity contribution >= 4 is 43.1 Å². The molecule has 1 aromatic carbocycles. The van der Waals surface area contributed by atoms with Crippen molar-refractivity contribution in [3.05, 3.63) is 18.2 Å². The highest BCUT2D eigenvalue weighted by Crippen LogP contribution is 2.29. The van der Waals surface area contributed by atoms with Gasteiger partial charge in [-0.25, -0.2) is 18.2 Å². The zero-order chi connectivity index (χ0) is 18.7. The van der Waals surface area contributed by atoms with E-state index in [-0.39, 0.29) is 28.1 Å². The maximum Gasteiger partial charge on any atom is 0.319 e. The average Bonchev–Trinajstić information content (AvgIpc) is 3.21. The molecule has 2 heterocycles. The van der Waals surface area contributed by atoms with Crippen molar-refractivity contribution in [2.45, 2.75) is 37.1 Å². The van der Waals surface area contributed by atoms with Gasteiger partial charge in [-0.3, -0.25) is 0 Å². The molecule has 0 spiro atoms. The third-order valence-electron chi connectivity index (χ3n) is 3.96. The van der Waals surface area contributed by atoms with Crippen LogP contribution in [0.5, 0.6) is 0 Å². The van der Waals surface area contributed by atoms with E-state index in [0.29, 0.717) is 17.7 Å². The van der Waals surface area contributed by atoms with E-state index in [2.05, 4.69) is 15.6 Å². The molecule has 0 bridgehead atoms. The summed E-state index contributed by atoms with van der Waals surface area (Å²) in [6.45, 7) is 4.95. The highest BCUT2D eigenvalue weighted by Gasteiger charge is 2.21. The van der Waals surface area contributed by atoms with Gasteiger partial charge in [-0.2, -0.15) is 0 Å². The van der Waals surface area contributed by atoms with E-state index in [9.17, 15) is 13.2 Å². The number of ether oxygens (including phenoxy) is 1. The third kappa shape index (κ3) is 4.72. The van der Waals surface area contributed by atoms with Gasteiger partial charge in [0.2, 0.25) is 14.2 Å². The van der Waals surface area contributed by atoms with Crippen LogP contribution in [0.2, 0.25) is 0 Å². The molecule has 0 aliphatic carbocycles. The van der Waals surface area contributed by atoms with E-state index in [1.54, 1.807) is 18.2 Å². The number of carbonyl (C=O) groups is 1. The Labute approximate surface area is 157 Å². The molecule has 9 heteroatoms. The number of anilines is 1. The van der Waals surface area contributed by atoms with Gasteiger partial charge >= 0.3 is 6.03 Å². The van der Waals surface area contributed by atoms with Gasteiger partial charge in [0.25, 0.3) is 0 Å². The predicted octanol–water partition coefficient (Wildman–Crippen LogP) is 3.03. The lowest BCUT2D eigenvalue weighted by molar-refractivity contribution is 0.112. The quantitative estimate of drug-likeness (QED) is 0.781. The van der Waals surface area contributed by atoms with Gasteiger partial charge < -0.3 is 15.4 Å². The van der Waals surface area contributed by atoms with Crippen LogP contribution in [0.25, 0.3) is 10.2 Å². The van der Waals surface area contributed by atoms with Crippen molar-refractivity contribution in [2.24, 2.45) is 5.92 Å². The minimum atomic E-state index is -3.38. The molecule has 2 N–H and O–H groups in total. The van der Waals surface area contributed by atoms with Gasteiger partial charge in [-0.15, -0.1) is 11.3 Å². The van der Waals surface area contributed by atoms with Gasteiger partial charge in [-0.1, -0.05) is 13.8 Å². The molecule has 0 saturated carbocycles. The Hall–Kier alpha value is -1.71. The molecular formula is C17H23N3O4S2. The van der Waals surface area contributed by atoms with Gasteiger partial charge in [0.1, 0.15) is 0 Å². The second kappa shape index (κ2) is 7.89. The number of benzene rings is 1. The highest BCUT2D eigenvalue weighted by atomic mass is 32.2. The number of hydrogen-bond donors (Lipinski definition) is 2. The summed E-state index contributed by atoms with van der Waals surface area (Å²) >= 11 is 1.13. The lowest BCUT2D eigenvalue weighted by Gasteiger charge is -2.11. The van der Waals surface area contributed by atoms with Crippen LogP contribution < -0.4 is 10.6 Å². The molecule has 1 saturated heterocycles. The molecule has 0 unspecified atom stereocenters. The fourth-order valence-electron chi connectivity index (χ4n) is 2.81. The number of sulfone groups is 1. The maximum absolute atomic E-state index is 12.3. The summed E-state index contributed by atoms with van der Waals surface area (Å²) < 4.78 is 31.0. The molecule has 1 fully saturated rings. The number of thiazole rings is 1. The fourth-order valence-corrected chi connectivity index (χ4v) is 5.79. The molecule has 1 aliphatic rings. The molecule has 2 amide bonds. The topological polar surface area (TPSA) is 97.4 Å². The Morgan fingerprint density at radius 2 is 2.23 bits per heavy atom. The Morgan fingerprint density at radius 1 is 1.42 bits per heavy atom. The normalized spacial score (nSPS) is 17.7. The van der Waals surface area contributed by atoms with E-state index in [1.165, 1.54) is 0 Å². The monoisotopic (exact) mass is 397 g/mol. The van der Waals surface area contributed by atoms with Crippen LogP contribution in [-0.2, 0) is 14.6 Å². The second-order valence-electron chi connectivity index (χ2n) is 6.81. The van der Waals surface area contributed by atoms with Crippen LogP contribution in [0.15, 0.2) is 22.5 Å². The van der Waals surface area contributed by atoms with E-state index in [4.69, 9.17) is 4.74 Å². The molecular weight excluding hydrogens is 374 g/mol. The first-order valence-electron chi connectivity index (χ1n) is 8.63. The summed E-state index contributed by atoms with van der Waals surface area (Å²) in [5, 5.41) is 5.55. The Kier molecular flexibility index (Phi) is 5.79. The first kappa shape index (κ1) is 19.1. The van der Waals surface area contributed by atoms with Crippen molar-refractivity contribution in [1.29, 1.82) is 0 Å². The zero-order valence-corrected chi connectivity index (χ0v) is 16.5.